The summed E-state index contributed by atoms with van der Waals surface area (Å²) in [6, 6.07) is 18.3. The number of likely N-dealkylation sites (tertiary alicyclic amines) is 1. The molecule has 1 atom stereocenters. The van der Waals surface area contributed by atoms with E-state index in [0.29, 0.717) is 25.9 Å². The Morgan fingerprint density at radius 2 is 1.61 bits per heavy atom. The first-order valence-electron chi connectivity index (χ1n) is 11.2. The fourth-order valence-corrected chi connectivity index (χ4v) is 3.89. The van der Waals surface area contributed by atoms with Gasteiger partial charge in [-0.15, -0.1) is 0 Å². The molecule has 31 heavy (non-hydrogen) atoms. The Kier molecular flexibility index (Phi) is 7.32. The number of piperidine rings is 1. The zero-order chi connectivity index (χ0) is 22.4. The number of hydrogen-bond acceptors (Lipinski definition) is 2. The van der Waals surface area contributed by atoms with Gasteiger partial charge in [0.05, 0.1) is 6.04 Å². The van der Waals surface area contributed by atoms with Gasteiger partial charge < -0.3 is 10.2 Å². The standard InChI is InChI=1S/C27H34N2O2/c1-20(22-11-13-24(14-12-22)27(2,3)4)28-26(31)23-16-18-29(19-17-23)25(30)15-10-21-8-6-5-7-9-21/h5-15,20,23H,16-19H2,1-4H3,(H,28,31)/b15-10+. The second-order valence-electron chi connectivity index (χ2n) is 9.45. The number of carbonyl (C=O) groups is 2. The van der Waals surface area contributed by atoms with Crippen LogP contribution in [0.5, 0.6) is 0 Å². The van der Waals surface area contributed by atoms with Gasteiger partial charge in [0.25, 0.3) is 0 Å². The minimum absolute atomic E-state index is 0.00928. The Morgan fingerprint density at radius 1 is 1.00 bits per heavy atom. The van der Waals surface area contributed by atoms with Gasteiger partial charge in [0.15, 0.2) is 0 Å². The Bertz CT molecular complexity index is 903. The number of benzene rings is 2. The van der Waals surface area contributed by atoms with E-state index in [0.717, 1.165) is 11.1 Å². The van der Waals surface area contributed by atoms with E-state index < -0.39 is 0 Å². The molecule has 0 aromatic heterocycles. The highest BCUT2D eigenvalue weighted by Crippen LogP contribution is 2.25. The predicted octanol–water partition coefficient (Wildman–Crippen LogP) is 5.11. The maximum atomic E-state index is 12.8. The van der Waals surface area contributed by atoms with Crippen LogP contribution < -0.4 is 5.32 Å². The molecule has 0 saturated carbocycles. The van der Waals surface area contributed by atoms with Gasteiger partial charge in [-0.3, -0.25) is 9.59 Å². The van der Waals surface area contributed by atoms with E-state index in [1.54, 1.807) is 6.08 Å². The molecule has 0 spiro atoms. The van der Waals surface area contributed by atoms with Crippen LogP contribution in [0.3, 0.4) is 0 Å². The van der Waals surface area contributed by atoms with Crippen LogP contribution >= 0.6 is 0 Å². The van der Waals surface area contributed by atoms with E-state index >= 15 is 0 Å². The van der Waals surface area contributed by atoms with Gasteiger partial charge in [-0.2, -0.15) is 0 Å². The largest absolute Gasteiger partial charge is 0.349 e. The first-order chi connectivity index (χ1) is 14.7. The summed E-state index contributed by atoms with van der Waals surface area (Å²) in [4.78, 5) is 27.0. The summed E-state index contributed by atoms with van der Waals surface area (Å²) in [6.07, 6.45) is 4.87. The lowest BCUT2D eigenvalue weighted by Gasteiger charge is -2.31. The number of rotatable bonds is 5. The van der Waals surface area contributed by atoms with E-state index in [1.165, 1.54) is 5.56 Å². The summed E-state index contributed by atoms with van der Waals surface area (Å²) in [5.41, 5.74) is 3.52. The van der Waals surface area contributed by atoms with Crippen LogP contribution in [0, 0.1) is 5.92 Å². The molecule has 1 saturated heterocycles. The SMILES string of the molecule is CC(NC(=O)C1CCN(C(=O)/C=C/c2ccccc2)CC1)c1ccc(C(C)(C)C)cc1. The van der Waals surface area contributed by atoms with Crippen LogP contribution in [0.4, 0.5) is 0 Å². The maximum absolute atomic E-state index is 12.8. The third-order valence-corrected chi connectivity index (χ3v) is 6.03. The summed E-state index contributed by atoms with van der Waals surface area (Å²) >= 11 is 0. The van der Waals surface area contributed by atoms with Gasteiger partial charge in [0.2, 0.25) is 11.8 Å². The van der Waals surface area contributed by atoms with Gasteiger partial charge >= 0.3 is 0 Å². The minimum Gasteiger partial charge on any atom is -0.349 e. The summed E-state index contributed by atoms with van der Waals surface area (Å²) in [5.74, 6) is 0.0489. The Labute approximate surface area is 186 Å². The van der Waals surface area contributed by atoms with Crippen molar-refractivity contribution in [3.63, 3.8) is 0 Å². The quantitative estimate of drug-likeness (QED) is 0.686. The molecule has 3 rings (SSSR count). The van der Waals surface area contributed by atoms with Gasteiger partial charge in [-0.05, 0) is 47.9 Å². The van der Waals surface area contributed by atoms with Crippen LogP contribution in [0.2, 0.25) is 0 Å². The zero-order valence-electron chi connectivity index (χ0n) is 19.1. The molecule has 2 aromatic rings. The van der Waals surface area contributed by atoms with Crippen LogP contribution in [0.15, 0.2) is 60.7 Å². The smallest absolute Gasteiger partial charge is 0.246 e. The molecular formula is C27H34N2O2. The highest BCUT2D eigenvalue weighted by molar-refractivity contribution is 5.92. The lowest BCUT2D eigenvalue weighted by Crippen LogP contribution is -2.43. The third kappa shape index (κ3) is 6.30. The Hall–Kier alpha value is -2.88. The van der Waals surface area contributed by atoms with Gasteiger partial charge in [0.1, 0.15) is 0 Å². The molecule has 164 valence electrons. The van der Waals surface area contributed by atoms with Crippen molar-refractivity contribution >= 4 is 17.9 Å². The van der Waals surface area contributed by atoms with Crippen molar-refractivity contribution < 1.29 is 9.59 Å². The normalized spacial score (nSPS) is 16.3. The highest BCUT2D eigenvalue weighted by atomic mass is 16.2. The van der Waals surface area contributed by atoms with Crippen LogP contribution in [0.25, 0.3) is 6.08 Å². The molecule has 0 radical (unpaired) electrons. The lowest BCUT2D eigenvalue weighted by atomic mass is 9.86. The van der Waals surface area contributed by atoms with E-state index in [9.17, 15) is 9.59 Å². The Morgan fingerprint density at radius 3 is 2.19 bits per heavy atom. The van der Waals surface area contributed by atoms with E-state index in [1.807, 2.05) is 48.2 Å². The average molecular weight is 419 g/mol. The molecule has 1 aliphatic rings. The lowest BCUT2D eigenvalue weighted by molar-refractivity contribution is -0.132. The summed E-state index contributed by atoms with van der Waals surface area (Å²) in [6.45, 7) is 9.85. The first kappa shape index (κ1) is 22.8. The monoisotopic (exact) mass is 418 g/mol. The average Bonchev–Trinajstić information content (AvgIpc) is 2.77. The number of nitrogens with zero attached hydrogens (tertiary/aromatic N) is 1. The van der Waals surface area contributed by atoms with Crippen molar-refractivity contribution in [3.05, 3.63) is 77.4 Å². The van der Waals surface area contributed by atoms with E-state index in [4.69, 9.17) is 0 Å². The molecule has 1 aliphatic heterocycles. The predicted molar refractivity (Wildman–Crippen MR) is 126 cm³/mol. The van der Waals surface area contributed by atoms with Crippen molar-refractivity contribution in [1.82, 2.24) is 10.2 Å². The fourth-order valence-electron chi connectivity index (χ4n) is 3.89. The first-order valence-corrected chi connectivity index (χ1v) is 11.2. The second-order valence-corrected chi connectivity index (χ2v) is 9.45. The molecule has 2 amide bonds. The van der Waals surface area contributed by atoms with Crippen LogP contribution in [-0.2, 0) is 15.0 Å². The second kappa shape index (κ2) is 9.95. The number of hydrogen-bond donors (Lipinski definition) is 1. The van der Waals surface area contributed by atoms with Crippen molar-refractivity contribution in [1.29, 1.82) is 0 Å². The van der Waals surface area contributed by atoms with Gasteiger partial charge in [0, 0.05) is 25.1 Å². The van der Waals surface area contributed by atoms with E-state index in [2.05, 4.69) is 50.4 Å². The molecule has 4 nitrogen and oxygen atoms in total. The summed E-state index contributed by atoms with van der Waals surface area (Å²) < 4.78 is 0. The summed E-state index contributed by atoms with van der Waals surface area (Å²) in [5, 5.41) is 3.16. The number of amides is 2. The maximum Gasteiger partial charge on any atom is 0.246 e. The van der Waals surface area contributed by atoms with Crippen molar-refractivity contribution in [2.75, 3.05) is 13.1 Å². The van der Waals surface area contributed by atoms with Crippen molar-refractivity contribution in [3.8, 4) is 0 Å². The third-order valence-electron chi connectivity index (χ3n) is 6.03. The molecule has 1 unspecified atom stereocenters. The van der Waals surface area contributed by atoms with Crippen LogP contribution in [0.1, 0.15) is 63.3 Å². The van der Waals surface area contributed by atoms with Gasteiger partial charge in [-0.1, -0.05) is 75.4 Å². The topological polar surface area (TPSA) is 49.4 Å². The van der Waals surface area contributed by atoms with E-state index in [-0.39, 0.29) is 29.2 Å². The fraction of sp³-hybridized carbons (Fsp3) is 0.407. The van der Waals surface area contributed by atoms with Crippen molar-refractivity contribution in [2.24, 2.45) is 5.92 Å². The van der Waals surface area contributed by atoms with Crippen LogP contribution in [-0.4, -0.2) is 29.8 Å². The molecule has 0 aliphatic carbocycles. The highest BCUT2D eigenvalue weighted by Gasteiger charge is 2.27. The molecule has 1 heterocycles. The van der Waals surface area contributed by atoms with Crippen molar-refractivity contribution in [2.45, 2.75) is 52.0 Å². The molecule has 2 aromatic carbocycles. The molecule has 1 N–H and O–H groups in total. The molecule has 0 bridgehead atoms. The molecule has 4 heteroatoms. The Balaban J connectivity index is 1.48. The molecular weight excluding hydrogens is 384 g/mol. The minimum atomic E-state index is -0.0431. The zero-order valence-corrected chi connectivity index (χ0v) is 19.1. The summed E-state index contributed by atoms with van der Waals surface area (Å²) in [7, 11) is 0. The number of nitrogens with one attached hydrogen (secondary N) is 1. The number of carbonyl (C=O) groups excluding carboxylic acids is 2. The van der Waals surface area contributed by atoms with Gasteiger partial charge in [-0.25, -0.2) is 0 Å². The molecule has 1 fully saturated rings.